The first-order valence-electron chi connectivity index (χ1n) is 9.20. The Morgan fingerprint density at radius 1 is 1.13 bits per heavy atom. The molecule has 1 saturated heterocycles. The second-order valence-corrected chi connectivity index (χ2v) is 7.15. The fraction of sp³-hybridized carbons (Fsp3) is 0.250. The number of nitrogens with zero attached hydrogens (tertiary/aromatic N) is 1. The van der Waals surface area contributed by atoms with Crippen LogP contribution in [0.1, 0.15) is 15.9 Å². The number of nitrogens with one attached hydrogen (secondary N) is 3. The van der Waals surface area contributed by atoms with Crippen molar-refractivity contribution < 1.29 is 27.6 Å². The molecule has 1 heterocycles. The highest BCUT2D eigenvalue weighted by molar-refractivity contribution is 6.33. The summed E-state index contributed by atoms with van der Waals surface area (Å²) in [6, 6.07) is 8.49. The third-order valence-corrected chi connectivity index (χ3v) is 4.80. The largest absolute Gasteiger partial charge is 0.416 e. The second-order valence-electron chi connectivity index (χ2n) is 6.74. The number of alkyl halides is 3. The van der Waals surface area contributed by atoms with Gasteiger partial charge in [0.2, 0.25) is 11.8 Å². The standard InChI is InChI=1S/C20H18ClF3N4O3/c21-15-9-14(5-6-16(15)28-8-7-25-18(30)11-28)27-17(29)10-26-19(31)12-1-3-13(4-2-12)20(22,23)24/h1-6,9H,7-8,10-11H2,(H,25,30)(H,26,31)(H,27,29). The summed E-state index contributed by atoms with van der Waals surface area (Å²) in [5, 5.41) is 7.98. The fourth-order valence-corrected chi connectivity index (χ4v) is 3.26. The van der Waals surface area contributed by atoms with Crippen LogP contribution in [0.25, 0.3) is 0 Å². The lowest BCUT2D eigenvalue weighted by Gasteiger charge is -2.29. The minimum atomic E-state index is -4.49. The predicted molar refractivity (Wildman–Crippen MR) is 109 cm³/mol. The van der Waals surface area contributed by atoms with Crippen LogP contribution in [0.4, 0.5) is 24.5 Å². The van der Waals surface area contributed by atoms with Crippen LogP contribution in [0.15, 0.2) is 42.5 Å². The highest BCUT2D eigenvalue weighted by Crippen LogP contribution is 2.30. The van der Waals surface area contributed by atoms with Crippen LogP contribution in [0.5, 0.6) is 0 Å². The molecule has 2 aromatic carbocycles. The summed E-state index contributed by atoms with van der Waals surface area (Å²) in [6.45, 7) is 0.909. The maximum atomic E-state index is 12.6. The zero-order valence-electron chi connectivity index (χ0n) is 16.1. The summed E-state index contributed by atoms with van der Waals surface area (Å²) in [5.41, 5.74) is 0.181. The molecular weight excluding hydrogens is 437 g/mol. The number of benzene rings is 2. The minimum Gasteiger partial charge on any atom is -0.359 e. The Balaban J connectivity index is 1.54. The molecule has 2 aromatic rings. The van der Waals surface area contributed by atoms with Crippen molar-refractivity contribution in [2.24, 2.45) is 0 Å². The van der Waals surface area contributed by atoms with E-state index in [1.54, 1.807) is 12.1 Å². The topological polar surface area (TPSA) is 90.5 Å². The van der Waals surface area contributed by atoms with Gasteiger partial charge in [0.25, 0.3) is 5.91 Å². The Labute approximate surface area is 180 Å². The summed E-state index contributed by atoms with van der Waals surface area (Å²) < 4.78 is 37.7. The Hall–Kier alpha value is -3.27. The highest BCUT2D eigenvalue weighted by Gasteiger charge is 2.30. The van der Waals surface area contributed by atoms with E-state index in [2.05, 4.69) is 16.0 Å². The normalized spacial score (nSPS) is 14.1. The quantitative estimate of drug-likeness (QED) is 0.648. The number of carbonyl (C=O) groups excluding carboxylic acids is 3. The zero-order valence-corrected chi connectivity index (χ0v) is 16.8. The molecule has 0 aromatic heterocycles. The van der Waals surface area contributed by atoms with Crippen molar-refractivity contribution in [3.8, 4) is 0 Å². The third kappa shape index (κ3) is 5.88. The smallest absolute Gasteiger partial charge is 0.359 e. The number of anilines is 2. The van der Waals surface area contributed by atoms with Gasteiger partial charge in [-0.3, -0.25) is 14.4 Å². The van der Waals surface area contributed by atoms with Crippen molar-refractivity contribution in [3.05, 3.63) is 58.6 Å². The number of rotatable bonds is 5. The zero-order chi connectivity index (χ0) is 22.6. The van der Waals surface area contributed by atoms with Crippen LogP contribution >= 0.6 is 11.6 Å². The summed E-state index contributed by atoms with van der Waals surface area (Å²) in [7, 11) is 0. The molecule has 3 N–H and O–H groups in total. The average Bonchev–Trinajstić information content (AvgIpc) is 2.71. The van der Waals surface area contributed by atoms with Gasteiger partial charge in [0.15, 0.2) is 0 Å². The van der Waals surface area contributed by atoms with E-state index in [1.165, 1.54) is 6.07 Å². The molecule has 1 aliphatic rings. The molecule has 0 spiro atoms. The molecule has 0 atom stereocenters. The van der Waals surface area contributed by atoms with Crippen molar-refractivity contribution in [2.45, 2.75) is 6.18 Å². The van der Waals surface area contributed by atoms with E-state index in [0.29, 0.717) is 29.5 Å². The van der Waals surface area contributed by atoms with Gasteiger partial charge in [-0.2, -0.15) is 13.2 Å². The molecular formula is C20H18ClF3N4O3. The number of carbonyl (C=O) groups is 3. The van der Waals surface area contributed by atoms with E-state index in [0.717, 1.165) is 24.3 Å². The maximum absolute atomic E-state index is 12.6. The van der Waals surface area contributed by atoms with Gasteiger partial charge in [-0.1, -0.05) is 11.6 Å². The monoisotopic (exact) mass is 454 g/mol. The van der Waals surface area contributed by atoms with Gasteiger partial charge in [-0.25, -0.2) is 0 Å². The Morgan fingerprint density at radius 2 is 1.84 bits per heavy atom. The van der Waals surface area contributed by atoms with Crippen molar-refractivity contribution in [1.82, 2.24) is 10.6 Å². The molecule has 31 heavy (non-hydrogen) atoms. The van der Waals surface area contributed by atoms with Gasteiger partial charge in [0, 0.05) is 24.3 Å². The Kier molecular flexibility index (Phi) is 6.69. The van der Waals surface area contributed by atoms with Gasteiger partial charge in [-0.15, -0.1) is 0 Å². The van der Waals surface area contributed by atoms with Crippen molar-refractivity contribution >= 4 is 40.7 Å². The van der Waals surface area contributed by atoms with Crippen LogP contribution in [0.3, 0.4) is 0 Å². The van der Waals surface area contributed by atoms with Crippen LogP contribution in [0, 0.1) is 0 Å². The Morgan fingerprint density at radius 3 is 2.45 bits per heavy atom. The molecule has 0 bridgehead atoms. The van der Waals surface area contributed by atoms with E-state index in [9.17, 15) is 27.6 Å². The molecule has 7 nitrogen and oxygen atoms in total. The summed E-state index contributed by atoms with van der Waals surface area (Å²) in [4.78, 5) is 37.5. The molecule has 11 heteroatoms. The SMILES string of the molecule is O=C1CN(c2ccc(NC(=O)CNC(=O)c3ccc(C(F)(F)F)cc3)cc2Cl)CCN1. The lowest BCUT2D eigenvalue weighted by Crippen LogP contribution is -2.47. The van der Waals surface area contributed by atoms with E-state index in [1.807, 2.05) is 4.90 Å². The van der Waals surface area contributed by atoms with Gasteiger partial charge >= 0.3 is 6.18 Å². The van der Waals surface area contributed by atoms with Crippen LogP contribution < -0.4 is 20.9 Å². The van der Waals surface area contributed by atoms with Crippen molar-refractivity contribution in [3.63, 3.8) is 0 Å². The van der Waals surface area contributed by atoms with E-state index >= 15 is 0 Å². The predicted octanol–water partition coefficient (Wildman–Crippen LogP) is 2.66. The van der Waals surface area contributed by atoms with Crippen LogP contribution in [-0.2, 0) is 15.8 Å². The number of piperazine rings is 1. The first-order chi connectivity index (χ1) is 14.6. The molecule has 3 amide bonds. The van der Waals surface area contributed by atoms with E-state index in [-0.39, 0.29) is 24.6 Å². The van der Waals surface area contributed by atoms with E-state index in [4.69, 9.17) is 11.6 Å². The van der Waals surface area contributed by atoms with Gasteiger partial charge < -0.3 is 20.9 Å². The third-order valence-electron chi connectivity index (χ3n) is 4.49. The molecule has 0 radical (unpaired) electrons. The van der Waals surface area contributed by atoms with Crippen LogP contribution in [0.2, 0.25) is 5.02 Å². The molecule has 0 unspecified atom stereocenters. The number of halogens is 4. The van der Waals surface area contributed by atoms with Crippen molar-refractivity contribution in [2.75, 3.05) is 36.4 Å². The number of hydrogen-bond acceptors (Lipinski definition) is 4. The number of hydrogen-bond donors (Lipinski definition) is 3. The first kappa shape index (κ1) is 22.4. The summed E-state index contributed by atoms with van der Waals surface area (Å²) in [6.07, 6.45) is -4.49. The minimum absolute atomic E-state index is 0.00114. The summed E-state index contributed by atoms with van der Waals surface area (Å²) >= 11 is 6.27. The first-order valence-corrected chi connectivity index (χ1v) is 9.58. The van der Waals surface area contributed by atoms with E-state index < -0.39 is 23.6 Å². The lowest BCUT2D eigenvalue weighted by molar-refractivity contribution is -0.137. The lowest BCUT2D eigenvalue weighted by atomic mass is 10.1. The van der Waals surface area contributed by atoms with Gasteiger partial charge in [0.05, 0.1) is 29.4 Å². The van der Waals surface area contributed by atoms with Crippen LogP contribution in [-0.4, -0.2) is 43.9 Å². The molecule has 3 rings (SSSR count). The van der Waals surface area contributed by atoms with Gasteiger partial charge in [0.1, 0.15) is 0 Å². The highest BCUT2D eigenvalue weighted by atomic mass is 35.5. The summed E-state index contributed by atoms with van der Waals surface area (Å²) in [5.74, 6) is -1.33. The molecule has 1 aliphatic heterocycles. The van der Waals surface area contributed by atoms with Crippen molar-refractivity contribution in [1.29, 1.82) is 0 Å². The number of amides is 3. The molecule has 0 aliphatic carbocycles. The molecule has 0 saturated carbocycles. The maximum Gasteiger partial charge on any atom is 0.416 e. The second kappa shape index (κ2) is 9.25. The fourth-order valence-electron chi connectivity index (χ4n) is 2.96. The molecule has 1 fully saturated rings. The van der Waals surface area contributed by atoms with Gasteiger partial charge in [-0.05, 0) is 42.5 Å². The molecule has 164 valence electrons. The average molecular weight is 455 g/mol. The Bertz CT molecular complexity index is 996.